The van der Waals surface area contributed by atoms with Crippen molar-refractivity contribution in [1.29, 1.82) is 0 Å². The summed E-state index contributed by atoms with van der Waals surface area (Å²) in [5, 5.41) is 7.37. The summed E-state index contributed by atoms with van der Waals surface area (Å²) in [6.07, 6.45) is 1.55. The number of urea groups is 1. The summed E-state index contributed by atoms with van der Waals surface area (Å²) in [7, 11) is 1.56. The lowest BCUT2D eigenvalue weighted by atomic mass is 9.90. The first kappa shape index (κ1) is 17.9. The molecule has 1 aromatic carbocycles. The number of rotatable bonds is 5. The van der Waals surface area contributed by atoms with Gasteiger partial charge < -0.3 is 15.4 Å². The molecule has 1 aliphatic heterocycles. The smallest absolute Gasteiger partial charge is 0.325 e. The third-order valence-electron chi connectivity index (χ3n) is 4.23. The molecule has 2 aromatic rings. The number of hydrogen-bond acceptors (Lipinski definition) is 6. The van der Waals surface area contributed by atoms with Gasteiger partial charge in [0.15, 0.2) is 5.13 Å². The molecule has 8 nitrogen and oxygen atoms in total. The topological polar surface area (TPSA) is 101 Å². The van der Waals surface area contributed by atoms with Crippen LogP contribution >= 0.6 is 11.3 Å². The summed E-state index contributed by atoms with van der Waals surface area (Å²) in [6.45, 7) is 3.09. The first-order valence-corrected chi connectivity index (χ1v) is 8.71. The van der Waals surface area contributed by atoms with E-state index >= 15 is 0 Å². The normalized spacial score (nSPS) is 19.4. The molecule has 2 N–H and O–H groups in total. The Balaban J connectivity index is 1.79. The van der Waals surface area contributed by atoms with Crippen LogP contribution in [0.2, 0.25) is 0 Å². The first-order valence-electron chi connectivity index (χ1n) is 7.83. The van der Waals surface area contributed by atoms with Gasteiger partial charge in [0.1, 0.15) is 17.8 Å². The second-order valence-corrected chi connectivity index (χ2v) is 6.91. The number of carbonyl (C=O) groups excluding carboxylic acids is 3. The first-order chi connectivity index (χ1) is 12.3. The highest BCUT2D eigenvalue weighted by molar-refractivity contribution is 7.13. The van der Waals surface area contributed by atoms with Crippen molar-refractivity contribution >= 4 is 34.3 Å². The number of hydrogen-bond donors (Lipinski definition) is 2. The molecule has 3 rings (SSSR count). The van der Waals surface area contributed by atoms with E-state index in [0.29, 0.717) is 16.4 Å². The number of nitrogens with zero attached hydrogens (tertiary/aromatic N) is 2. The fourth-order valence-electron chi connectivity index (χ4n) is 2.81. The van der Waals surface area contributed by atoms with E-state index in [1.54, 1.807) is 43.8 Å². The quantitative estimate of drug-likeness (QED) is 0.778. The number of benzene rings is 1. The molecule has 0 bridgehead atoms. The highest BCUT2D eigenvalue weighted by Gasteiger charge is 2.49. The average molecular weight is 374 g/mol. The predicted molar refractivity (Wildman–Crippen MR) is 96.1 cm³/mol. The monoisotopic (exact) mass is 374 g/mol. The molecule has 1 fully saturated rings. The standard InChI is InChI=1S/C17H18N4O4S/c1-10-8-11(4-5-12(10)25-3)17(2)14(23)21(16(24)20-17)9-13(22)19-15-18-6-7-26-15/h4-8H,9H2,1-3H3,(H,20,24)(H,18,19,22). The van der Waals surface area contributed by atoms with Crippen molar-refractivity contribution in [1.82, 2.24) is 15.2 Å². The van der Waals surface area contributed by atoms with Crippen LogP contribution in [0.3, 0.4) is 0 Å². The lowest BCUT2D eigenvalue weighted by Gasteiger charge is -2.23. The molecular formula is C17H18N4O4S. The molecule has 2 heterocycles. The van der Waals surface area contributed by atoms with Crippen molar-refractivity contribution in [3.63, 3.8) is 0 Å². The van der Waals surface area contributed by atoms with Gasteiger partial charge in [-0.25, -0.2) is 9.78 Å². The number of thiazole rings is 1. The average Bonchev–Trinajstić information content (AvgIpc) is 3.18. The number of ether oxygens (including phenoxy) is 1. The maximum absolute atomic E-state index is 12.9. The Kier molecular flexibility index (Phi) is 4.64. The molecule has 0 radical (unpaired) electrons. The highest BCUT2D eigenvalue weighted by Crippen LogP contribution is 2.31. The lowest BCUT2D eigenvalue weighted by molar-refractivity contribution is -0.133. The van der Waals surface area contributed by atoms with Crippen molar-refractivity contribution in [2.24, 2.45) is 0 Å². The van der Waals surface area contributed by atoms with E-state index in [1.807, 2.05) is 6.92 Å². The van der Waals surface area contributed by atoms with E-state index in [1.165, 1.54) is 11.3 Å². The third kappa shape index (κ3) is 3.13. The van der Waals surface area contributed by atoms with Crippen LogP contribution in [-0.4, -0.2) is 41.4 Å². The zero-order chi connectivity index (χ0) is 18.9. The number of carbonyl (C=O) groups is 3. The molecule has 9 heteroatoms. The number of amides is 4. The molecule has 0 aliphatic carbocycles. The highest BCUT2D eigenvalue weighted by atomic mass is 32.1. The van der Waals surface area contributed by atoms with Crippen LogP contribution in [0.1, 0.15) is 18.1 Å². The van der Waals surface area contributed by atoms with Gasteiger partial charge in [0, 0.05) is 11.6 Å². The van der Waals surface area contributed by atoms with E-state index in [4.69, 9.17) is 4.74 Å². The number of aryl methyl sites for hydroxylation is 1. The zero-order valence-corrected chi connectivity index (χ0v) is 15.3. The largest absolute Gasteiger partial charge is 0.496 e. The predicted octanol–water partition coefficient (Wildman–Crippen LogP) is 1.87. The minimum absolute atomic E-state index is 0.380. The van der Waals surface area contributed by atoms with Crippen molar-refractivity contribution in [2.75, 3.05) is 19.0 Å². The lowest BCUT2D eigenvalue weighted by Crippen LogP contribution is -2.42. The second kappa shape index (κ2) is 6.75. The van der Waals surface area contributed by atoms with Gasteiger partial charge in [-0.1, -0.05) is 6.07 Å². The summed E-state index contributed by atoms with van der Waals surface area (Å²) in [4.78, 5) is 42.1. The van der Waals surface area contributed by atoms with Gasteiger partial charge >= 0.3 is 6.03 Å². The van der Waals surface area contributed by atoms with Crippen LogP contribution in [0.5, 0.6) is 5.75 Å². The Morgan fingerprint density at radius 1 is 1.42 bits per heavy atom. The fraction of sp³-hybridized carbons (Fsp3) is 0.294. The van der Waals surface area contributed by atoms with E-state index < -0.39 is 23.4 Å². The Labute approximate surface area is 154 Å². The van der Waals surface area contributed by atoms with Crippen LogP contribution in [0.4, 0.5) is 9.93 Å². The Morgan fingerprint density at radius 3 is 2.81 bits per heavy atom. The summed E-state index contributed by atoms with van der Waals surface area (Å²) in [6, 6.07) is 4.65. The minimum atomic E-state index is -1.24. The number of imide groups is 1. The molecule has 1 aliphatic rings. The maximum atomic E-state index is 12.9. The second-order valence-electron chi connectivity index (χ2n) is 6.02. The Morgan fingerprint density at radius 2 is 2.19 bits per heavy atom. The van der Waals surface area contributed by atoms with Gasteiger partial charge in [-0.3, -0.25) is 14.5 Å². The number of anilines is 1. The number of aromatic nitrogens is 1. The van der Waals surface area contributed by atoms with E-state index in [9.17, 15) is 14.4 Å². The van der Waals surface area contributed by atoms with Crippen molar-refractivity contribution in [3.05, 3.63) is 40.9 Å². The Hall–Kier alpha value is -2.94. The molecule has 136 valence electrons. The van der Waals surface area contributed by atoms with Gasteiger partial charge in [-0.15, -0.1) is 11.3 Å². The van der Waals surface area contributed by atoms with E-state index in [-0.39, 0.29) is 6.54 Å². The van der Waals surface area contributed by atoms with Crippen LogP contribution in [0.25, 0.3) is 0 Å². The van der Waals surface area contributed by atoms with E-state index in [0.717, 1.165) is 10.5 Å². The zero-order valence-electron chi connectivity index (χ0n) is 14.5. The van der Waals surface area contributed by atoms with Gasteiger partial charge in [-0.2, -0.15) is 0 Å². The summed E-state index contributed by atoms with van der Waals surface area (Å²) in [5.41, 5.74) is 0.223. The molecule has 1 saturated heterocycles. The number of nitrogens with one attached hydrogen (secondary N) is 2. The third-order valence-corrected chi connectivity index (χ3v) is 4.92. The molecule has 0 saturated carbocycles. The molecule has 1 unspecified atom stereocenters. The van der Waals surface area contributed by atoms with Gasteiger partial charge in [0.05, 0.1) is 7.11 Å². The maximum Gasteiger partial charge on any atom is 0.325 e. The van der Waals surface area contributed by atoms with Crippen LogP contribution in [0.15, 0.2) is 29.8 Å². The van der Waals surface area contributed by atoms with Crippen molar-refractivity contribution < 1.29 is 19.1 Å². The van der Waals surface area contributed by atoms with Gasteiger partial charge in [0.25, 0.3) is 5.91 Å². The molecule has 0 spiro atoms. The number of methoxy groups -OCH3 is 1. The molecule has 1 atom stereocenters. The van der Waals surface area contributed by atoms with Crippen LogP contribution in [0, 0.1) is 6.92 Å². The van der Waals surface area contributed by atoms with Crippen LogP contribution in [-0.2, 0) is 15.1 Å². The summed E-state index contributed by atoms with van der Waals surface area (Å²) in [5.74, 6) is -0.284. The van der Waals surface area contributed by atoms with Gasteiger partial charge in [0.2, 0.25) is 5.91 Å². The minimum Gasteiger partial charge on any atom is -0.496 e. The SMILES string of the molecule is COc1ccc(C2(C)NC(=O)N(CC(=O)Nc3nccs3)C2=O)cc1C. The van der Waals surface area contributed by atoms with Crippen LogP contribution < -0.4 is 15.4 Å². The van der Waals surface area contributed by atoms with Crippen molar-refractivity contribution in [2.45, 2.75) is 19.4 Å². The van der Waals surface area contributed by atoms with Crippen molar-refractivity contribution in [3.8, 4) is 5.75 Å². The fourth-order valence-corrected chi connectivity index (χ4v) is 3.36. The molecule has 1 aromatic heterocycles. The van der Waals surface area contributed by atoms with E-state index in [2.05, 4.69) is 15.6 Å². The summed E-state index contributed by atoms with van der Waals surface area (Å²) < 4.78 is 5.23. The molecule has 4 amide bonds. The van der Waals surface area contributed by atoms with Gasteiger partial charge in [-0.05, 0) is 37.1 Å². The Bertz CT molecular complexity index is 868. The molecule has 26 heavy (non-hydrogen) atoms. The summed E-state index contributed by atoms with van der Waals surface area (Å²) >= 11 is 1.25. The molecular weight excluding hydrogens is 356 g/mol.